The monoisotopic (exact) mass is 287 g/mol. The lowest BCUT2D eigenvalue weighted by atomic mass is 9.98. The largest absolute Gasteiger partial charge is 0.496 e. The van der Waals surface area contributed by atoms with Crippen LogP contribution in [-0.4, -0.2) is 19.2 Å². The maximum absolute atomic E-state index is 5.73. The predicted molar refractivity (Wildman–Crippen MR) is 82.3 cm³/mol. The second-order valence-electron chi connectivity index (χ2n) is 4.88. The van der Waals surface area contributed by atoms with Crippen molar-refractivity contribution >= 4 is 0 Å². The van der Waals surface area contributed by atoms with Crippen LogP contribution in [0, 0.1) is 6.92 Å². The molecule has 0 radical (unpaired) electrons. The van der Waals surface area contributed by atoms with Gasteiger partial charge in [0.05, 0.1) is 20.3 Å². The molecule has 2 rings (SSSR count). The number of hydrogen-bond acceptors (Lipinski definition) is 5. The zero-order valence-corrected chi connectivity index (χ0v) is 12.6. The average Bonchev–Trinajstić information content (AvgIpc) is 2.53. The third-order valence-corrected chi connectivity index (χ3v) is 3.41. The van der Waals surface area contributed by atoms with Gasteiger partial charge in [0.25, 0.3) is 0 Å². The van der Waals surface area contributed by atoms with Crippen molar-refractivity contribution in [1.82, 2.24) is 10.4 Å². The van der Waals surface area contributed by atoms with Crippen LogP contribution in [0.15, 0.2) is 36.5 Å². The van der Waals surface area contributed by atoms with E-state index in [2.05, 4.69) is 16.5 Å². The molecule has 1 aromatic heterocycles. The summed E-state index contributed by atoms with van der Waals surface area (Å²) in [5.74, 6) is 7.16. The molecule has 0 fully saturated rings. The molecule has 3 N–H and O–H groups in total. The maximum Gasteiger partial charge on any atom is 0.212 e. The van der Waals surface area contributed by atoms with Gasteiger partial charge in [0, 0.05) is 17.8 Å². The quantitative estimate of drug-likeness (QED) is 0.629. The molecule has 0 aliphatic carbocycles. The van der Waals surface area contributed by atoms with E-state index in [1.807, 2.05) is 31.2 Å². The lowest BCUT2D eigenvalue weighted by Crippen LogP contribution is -2.30. The van der Waals surface area contributed by atoms with Crippen molar-refractivity contribution < 1.29 is 9.47 Å². The summed E-state index contributed by atoms with van der Waals surface area (Å²) < 4.78 is 10.5. The summed E-state index contributed by atoms with van der Waals surface area (Å²) in [5.41, 5.74) is 6.13. The van der Waals surface area contributed by atoms with Gasteiger partial charge >= 0.3 is 0 Å². The van der Waals surface area contributed by atoms with Crippen LogP contribution in [0.2, 0.25) is 0 Å². The third kappa shape index (κ3) is 3.71. The van der Waals surface area contributed by atoms with Crippen LogP contribution in [-0.2, 0) is 6.42 Å². The number of nitrogens with two attached hydrogens (primary N) is 1. The van der Waals surface area contributed by atoms with Gasteiger partial charge in [-0.2, -0.15) is 0 Å². The third-order valence-electron chi connectivity index (χ3n) is 3.41. The molecule has 0 spiro atoms. The smallest absolute Gasteiger partial charge is 0.212 e. The summed E-state index contributed by atoms with van der Waals surface area (Å²) in [4.78, 5) is 4.22. The molecule has 0 saturated heterocycles. The molecule has 0 bridgehead atoms. The standard InChI is InChI=1S/C16H21N3O2/c1-11-4-6-15(20-2)13(8-11)14(19-17)9-12-5-7-16(21-3)18-10-12/h4-8,10,14,19H,9,17H2,1-3H3. The Labute approximate surface area is 125 Å². The summed E-state index contributed by atoms with van der Waals surface area (Å²) >= 11 is 0. The van der Waals surface area contributed by atoms with Gasteiger partial charge in [-0.25, -0.2) is 4.98 Å². The number of nitrogens with zero attached hydrogens (tertiary/aromatic N) is 1. The van der Waals surface area contributed by atoms with Gasteiger partial charge in [0.15, 0.2) is 0 Å². The van der Waals surface area contributed by atoms with Crippen LogP contribution in [0.3, 0.4) is 0 Å². The number of hydrazine groups is 1. The Morgan fingerprint density at radius 3 is 2.57 bits per heavy atom. The van der Waals surface area contributed by atoms with Crippen LogP contribution >= 0.6 is 0 Å². The van der Waals surface area contributed by atoms with Crippen molar-refractivity contribution in [3.05, 3.63) is 53.2 Å². The summed E-state index contributed by atoms with van der Waals surface area (Å²) in [7, 11) is 3.26. The summed E-state index contributed by atoms with van der Waals surface area (Å²) in [6.45, 7) is 2.05. The molecule has 0 saturated carbocycles. The number of pyridine rings is 1. The number of ether oxygens (including phenoxy) is 2. The number of aryl methyl sites for hydroxylation is 1. The molecular weight excluding hydrogens is 266 g/mol. The van der Waals surface area contributed by atoms with E-state index in [4.69, 9.17) is 15.3 Å². The molecule has 5 nitrogen and oxygen atoms in total. The van der Waals surface area contributed by atoms with Gasteiger partial charge in [-0.15, -0.1) is 0 Å². The van der Waals surface area contributed by atoms with E-state index in [0.717, 1.165) is 16.9 Å². The van der Waals surface area contributed by atoms with E-state index >= 15 is 0 Å². The number of methoxy groups -OCH3 is 2. The second-order valence-corrected chi connectivity index (χ2v) is 4.88. The first kappa shape index (κ1) is 15.3. The minimum Gasteiger partial charge on any atom is -0.496 e. The fourth-order valence-electron chi connectivity index (χ4n) is 2.27. The maximum atomic E-state index is 5.73. The van der Waals surface area contributed by atoms with Crippen molar-refractivity contribution in [3.63, 3.8) is 0 Å². The van der Waals surface area contributed by atoms with E-state index in [0.29, 0.717) is 12.3 Å². The molecule has 0 aliphatic rings. The van der Waals surface area contributed by atoms with Gasteiger partial charge in [-0.1, -0.05) is 23.8 Å². The Morgan fingerprint density at radius 2 is 2.00 bits per heavy atom. The fraction of sp³-hybridized carbons (Fsp3) is 0.312. The van der Waals surface area contributed by atoms with Crippen molar-refractivity contribution in [3.8, 4) is 11.6 Å². The molecule has 2 aromatic rings. The highest BCUT2D eigenvalue weighted by atomic mass is 16.5. The minimum atomic E-state index is -0.0463. The summed E-state index contributed by atoms with van der Waals surface area (Å²) in [6.07, 6.45) is 2.51. The van der Waals surface area contributed by atoms with Crippen LogP contribution in [0.5, 0.6) is 11.6 Å². The van der Waals surface area contributed by atoms with Gasteiger partial charge < -0.3 is 9.47 Å². The Kier molecular flexibility index (Phi) is 5.14. The SMILES string of the molecule is COc1ccc(CC(NN)c2cc(C)ccc2OC)cn1. The topological polar surface area (TPSA) is 69.4 Å². The Morgan fingerprint density at radius 1 is 1.19 bits per heavy atom. The number of benzene rings is 1. The van der Waals surface area contributed by atoms with Crippen molar-refractivity contribution in [1.29, 1.82) is 0 Å². The van der Waals surface area contributed by atoms with E-state index in [9.17, 15) is 0 Å². The highest BCUT2D eigenvalue weighted by molar-refractivity contribution is 5.40. The fourth-order valence-corrected chi connectivity index (χ4v) is 2.27. The van der Waals surface area contributed by atoms with Crippen LogP contribution in [0.1, 0.15) is 22.7 Å². The Balaban J connectivity index is 2.24. The number of hydrogen-bond donors (Lipinski definition) is 2. The van der Waals surface area contributed by atoms with Gasteiger partial charge in [0.2, 0.25) is 5.88 Å². The molecule has 0 aliphatic heterocycles. The van der Waals surface area contributed by atoms with Crippen LogP contribution < -0.4 is 20.7 Å². The van der Waals surface area contributed by atoms with E-state index in [1.54, 1.807) is 20.4 Å². The molecular formula is C16H21N3O2. The molecule has 1 unspecified atom stereocenters. The van der Waals surface area contributed by atoms with Gasteiger partial charge in [0.1, 0.15) is 5.75 Å². The first-order valence-electron chi connectivity index (χ1n) is 6.77. The lowest BCUT2D eigenvalue weighted by Gasteiger charge is -2.19. The average molecular weight is 287 g/mol. The van der Waals surface area contributed by atoms with Crippen LogP contribution in [0.25, 0.3) is 0 Å². The zero-order valence-electron chi connectivity index (χ0n) is 12.6. The highest BCUT2D eigenvalue weighted by Crippen LogP contribution is 2.28. The molecule has 1 atom stereocenters. The number of rotatable bonds is 6. The van der Waals surface area contributed by atoms with Crippen LogP contribution in [0.4, 0.5) is 0 Å². The number of nitrogens with one attached hydrogen (secondary N) is 1. The molecule has 21 heavy (non-hydrogen) atoms. The van der Waals surface area contributed by atoms with Crippen molar-refractivity contribution in [2.45, 2.75) is 19.4 Å². The predicted octanol–water partition coefficient (Wildman–Crippen LogP) is 2.15. The Bertz CT molecular complexity index is 585. The molecule has 0 amide bonds. The van der Waals surface area contributed by atoms with Gasteiger partial charge in [-0.3, -0.25) is 11.3 Å². The molecule has 5 heteroatoms. The highest BCUT2D eigenvalue weighted by Gasteiger charge is 2.16. The summed E-state index contributed by atoms with van der Waals surface area (Å²) in [6, 6.07) is 9.84. The minimum absolute atomic E-state index is 0.0463. The molecule has 1 heterocycles. The molecule has 1 aromatic carbocycles. The first-order valence-corrected chi connectivity index (χ1v) is 6.77. The molecule has 112 valence electrons. The van der Waals surface area contributed by atoms with Gasteiger partial charge in [-0.05, 0) is 25.0 Å². The van der Waals surface area contributed by atoms with Crippen molar-refractivity contribution in [2.24, 2.45) is 5.84 Å². The van der Waals surface area contributed by atoms with E-state index in [-0.39, 0.29) is 6.04 Å². The second kappa shape index (κ2) is 7.06. The normalized spacial score (nSPS) is 12.0. The summed E-state index contributed by atoms with van der Waals surface area (Å²) in [5, 5.41) is 0. The lowest BCUT2D eigenvalue weighted by molar-refractivity contribution is 0.395. The van der Waals surface area contributed by atoms with Crippen molar-refractivity contribution in [2.75, 3.05) is 14.2 Å². The van der Waals surface area contributed by atoms with E-state index < -0.39 is 0 Å². The Hall–Kier alpha value is -2.11. The number of aromatic nitrogens is 1. The van der Waals surface area contributed by atoms with E-state index in [1.165, 1.54) is 5.56 Å². The zero-order chi connectivity index (χ0) is 15.2. The first-order chi connectivity index (χ1) is 10.2.